The van der Waals surface area contributed by atoms with E-state index in [0.717, 1.165) is 12.1 Å². The molecular weight excluding hydrogens is 481 g/mol. The highest BCUT2D eigenvalue weighted by molar-refractivity contribution is 6.04. The van der Waals surface area contributed by atoms with Crippen LogP contribution in [-0.2, 0) is 20.6 Å². The highest BCUT2D eigenvalue weighted by Crippen LogP contribution is 2.32. The van der Waals surface area contributed by atoms with Crippen LogP contribution in [0.5, 0.6) is 0 Å². The maximum atomic E-state index is 13.0. The van der Waals surface area contributed by atoms with Gasteiger partial charge in [0.05, 0.1) is 17.0 Å². The van der Waals surface area contributed by atoms with Crippen LogP contribution in [0.3, 0.4) is 0 Å². The summed E-state index contributed by atoms with van der Waals surface area (Å²) in [6, 6.07) is 10.5. The molecule has 10 nitrogen and oxygen atoms in total. The van der Waals surface area contributed by atoms with Crippen molar-refractivity contribution in [1.29, 1.82) is 0 Å². The van der Waals surface area contributed by atoms with Gasteiger partial charge in [0.25, 0.3) is 5.56 Å². The fourth-order valence-corrected chi connectivity index (χ4v) is 3.63. The third-order valence-corrected chi connectivity index (χ3v) is 5.19. The first-order valence-corrected chi connectivity index (χ1v) is 10.6. The summed E-state index contributed by atoms with van der Waals surface area (Å²) in [5, 5.41) is 10.2. The molecule has 0 saturated carbocycles. The molecule has 2 aromatic carbocycles. The minimum absolute atomic E-state index is 0.00654. The number of fused-ring (bicyclic) bond motifs is 1. The summed E-state index contributed by atoms with van der Waals surface area (Å²) in [5.74, 6) is -3.01. The normalized spacial score (nSPS) is 14.9. The largest absolute Gasteiger partial charge is 0.416 e. The van der Waals surface area contributed by atoms with Gasteiger partial charge in [0.2, 0.25) is 23.7 Å². The average molecular weight is 500 g/mol. The number of carbonyl (C=O) groups is 3. The van der Waals surface area contributed by atoms with Crippen molar-refractivity contribution < 1.29 is 27.6 Å². The highest BCUT2D eigenvalue weighted by atomic mass is 19.4. The zero-order valence-corrected chi connectivity index (χ0v) is 18.6. The Kier molecular flexibility index (Phi) is 6.47. The predicted octanol–water partition coefficient (Wildman–Crippen LogP) is 3.56. The van der Waals surface area contributed by atoms with Crippen LogP contribution in [0.4, 0.5) is 42.0 Å². The molecule has 1 aliphatic heterocycles. The third kappa shape index (κ3) is 5.51. The van der Waals surface area contributed by atoms with Gasteiger partial charge >= 0.3 is 6.18 Å². The Bertz CT molecular complexity index is 1400. The number of H-pyrrole nitrogens is 1. The van der Waals surface area contributed by atoms with Gasteiger partial charge in [-0.15, -0.1) is 0 Å². The number of alkyl halides is 3. The summed E-state index contributed by atoms with van der Waals surface area (Å²) in [4.78, 5) is 55.6. The monoisotopic (exact) mass is 500 g/mol. The van der Waals surface area contributed by atoms with Gasteiger partial charge in [-0.1, -0.05) is 6.07 Å². The molecule has 36 heavy (non-hydrogen) atoms. The molecule has 0 radical (unpaired) electrons. The maximum absolute atomic E-state index is 13.0. The van der Waals surface area contributed by atoms with Crippen LogP contribution in [0.15, 0.2) is 53.3 Å². The number of hydrogen-bond donors (Lipinski definition) is 5. The molecule has 186 valence electrons. The van der Waals surface area contributed by atoms with Crippen LogP contribution >= 0.6 is 0 Å². The van der Waals surface area contributed by atoms with E-state index in [1.165, 1.54) is 31.2 Å². The number of carbonyl (C=O) groups excluding carboxylic acids is 3. The number of nitrogens with zero attached hydrogens (tertiary/aromatic N) is 1. The maximum Gasteiger partial charge on any atom is 0.416 e. The van der Waals surface area contributed by atoms with Crippen molar-refractivity contribution in [1.82, 2.24) is 9.97 Å². The van der Waals surface area contributed by atoms with Crippen LogP contribution < -0.4 is 26.8 Å². The topological polar surface area (TPSA) is 145 Å². The van der Waals surface area contributed by atoms with Gasteiger partial charge < -0.3 is 21.3 Å². The molecule has 4 rings (SSSR count). The van der Waals surface area contributed by atoms with Crippen molar-refractivity contribution in [3.63, 3.8) is 0 Å². The number of aromatic nitrogens is 2. The second-order valence-electron chi connectivity index (χ2n) is 7.93. The quantitative estimate of drug-likeness (QED) is 0.362. The van der Waals surface area contributed by atoms with E-state index in [-0.39, 0.29) is 35.3 Å². The smallest absolute Gasteiger partial charge is 0.326 e. The summed E-state index contributed by atoms with van der Waals surface area (Å²) >= 11 is 0. The van der Waals surface area contributed by atoms with Crippen molar-refractivity contribution in [2.45, 2.75) is 25.4 Å². The van der Waals surface area contributed by atoms with Gasteiger partial charge in [0, 0.05) is 30.4 Å². The average Bonchev–Trinajstić information content (AvgIpc) is 2.79. The van der Waals surface area contributed by atoms with E-state index < -0.39 is 35.0 Å². The van der Waals surface area contributed by atoms with Gasteiger partial charge in [-0.25, -0.2) is 0 Å². The van der Waals surface area contributed by atoms with Crippen molar-refractivity contribution in [2.24, 2.45) is 0 Å². The molecular formula is C23H19F3N6O4. The molecule has 1 atom stereocenters. The SMILES string of the molecule is CC(=O)Nc1ccc(NC(=O)[C@@H]2CC(=O)Nc3nc(Nc4cccc(C(F)(F)F)c4)[nH]c(=O)c32)cc1. The zero-order valence-electron chi connectivity index (χ0n) is 18.6. The first-order chi connectivity index (χ1) is 17.0. The Morgan fingerprint density at radius 2 is 1.67 bits per heavy atom. The van der Waals surface area contributed by atoms with E-state index >= 15 is 0 Å². The van der Waals surface area contributed by atoms with Crippen molar-refractivity contribution in [3.05, 3.63) is 70.0 Å². The minimum atomic E-state index is -4.56. The van der Waals surface area contributed by atoms with Crippen LogP contribution in [0.2, 0.25) is 0 Å². The van der Waals surface area contributed by atoms with E-state index in [4.69, 9.17) is 0 Å². The molecule has 3 aromatic rings. The number of hydrogen-bond acceptors (Lipinski definition) is 6. The fourth-order valence-electron chi connectivity index (χ4n) is 3.63. The van der Waals surface area contributed by atoms with Gasteiger partial charge in [0.15, 0.2) is 0 Å². The van der Waals surface area contributed by atoms with Crippen LogP contribution in [0, 0.1) is 0 Å². The summed E-state index contributed by atoms with van der Waals surface area (Å²) in [5.41, 5.74) is -0.833. The number of amides is 3. The van der Waals surface area contributed by atoms with Crippen LogP contribution in [0.25, 0.3) is 0 Å². The van der Waals surface area contributed by atoms with Gasteiger partial charge in [0.1, 0.15) is 5.82 Å². The second kappa shape index (κ2) is 9.52. The van der Waals surface area contributed by atoms with E-state index in [2.05, 4.69) is 31.2 Å². The number of nitrogens with one attached hydrogen (secondary N) is 5. The molecule has 2 heterocycles. The number of benzene rings is 2. The molecule has 0 bridgehead atoms. The molecule has 1 aromatic heterocycles. The molecule has 0 fully saturated rings. The van der Waals surface area contributed by atoms with Crippen molar-refractivity contribution in [2.75, 3.05) is 21.3 Å². The lowest BCUT2D eigenvalue weighted by atomic mass is 9.92. The van der Waals surface area contributed by atoms with Gasteiger partial charge in [-0.2, -0.15) is 18.2 Å². The Balaban J connectivity index is 1.57. The lowest BCUT2D eigenvalue weighted by Crippen LogP contribution is -2.36. The Hall–Kier alpha value is -4.68. The highest BCUT2D eigenvalue weighted by Gasteiger charge is 2.35. The first kappa shape index (κ1) is 24.4. The molecule has 0 spiro atoms. The standard InChI is InChI=1S/C23H19F3N6O4/c1-11(33)27-13-5-7-14(8-6-13)28-20(35)16-10-17(34)30-19-18(16)21(36)32-22(31-19)29-15-4-2-3-12(9-15)23(24,25)26/h2-9,16H,10H2,1H3,(H,27,33)(H,28,35)(H3,29,30,31,32,34,36)/t16-/m1/s1. The van der Waals surface area contributed by atoms with Gasteiger partial charge in [-0.3, -0.25) is 24.2 Å². The van der Waals surface area contributed by atoms with Crippen LogP contribution in [0.1, 0.15) is 30.4 Å². The van der Waals surface area contributed by atoms with Crippen molar-refractivity contribution in [3.8, 4) is 0 Å². The Labute approximate surface area is 201 Å². The Morgan fingerprint density at radius 3 is 2.31 bits per heavy atom. The molecule has 5 N–H and O–H groups in total. The first-order valence-electron chi connectivity index (χ1n) is 10.6. The van der Waals surface area contributed by atoms with Gasteiger partial charge in [-0.05, 0) is 42.5 Å². The summed E-state index contributed by atoms with van der Waals surface area (Å²) < 4.78 is 38.9. The number of aromatic amines is 1. The lowest BCUT2D eigenvalue weighted by Gasteiger charge is -2.23. The molecule has 0 saturated heterocycles. The molecule has 0 unspecified atom stereocenters. The van der Waals surface area contributed by atoms with E-state index in [1.807, 2.05) is 0 Å². The van der Waals surface area contributed by atoms with Crippen LogP contribution in [-0.4, -0.2) is 27.7 Å². The predicted molar refractivity (Wildman–Crippen MR) is 125 cm³/mol. The van der Waals surface area contributed by atoms with Crippen molar-refractivity contribution >= 4 is 46.5 Å². The second-order valence-corrected chi connectivity index (χ2v) is 7.93. The van der Waals surface area contributed by atoms with E-state index in [1.54, 1.807) is 12.1 Å². The minimum Gasteiger partial charge on any atom is -0.326 e. The van der Waals surface area contributed by atoms with E-state index in [9.17, 15) is 32.3 Å². The zero-order chi connectivity index (χ0) is 26.0. The number of anilines is 5. The van der Waals surface area contributed by atoms with E-state index in [0.29, 0.717) is 11.4 Å². The fraction of sp³-hybridized carbons (Fsp3) is 0.174. The summed E-state index contributed by atoms with van der Waals surface area (Å²) in [7, 11) is 0. The summed E-state index contributed by atoms with van der Waals surface area (Å²) in [6.45, 7) is 1.35. The molecule has 3 amide bonds. The molecule has 1 aliphatic rings. The molecule has 0 aliphatic carbocycles. The third-order valence-electron chi connectivity index (χ3n) is 5.19. The number of rotatable bonds is 5. The molecule has 13 heteroatoms. The number of halogens is 3. The Morgan fingerprint density at radius 1 is 1.00 bits per heavy atom. The lowest BCUT2D eigenvalue weighted by molar-refractivity contribution is -0.137. The summed E-state index contributed by atoms with van der Waals surface area (Å²) in [6.07, 6.45) is -4.87.